The van der Waals surface area contributed by atoms with Gasteiger partial charge in [-0.3, -0.25) is 4.99 Å². The number of anilines is 2. The van der Waals surface area contributed by atoms with E-state index in [-0.39, 0.29) is 5.54 Å². The summed E-state index contributed by atoms with van der Waals surface area (Å²) >= 11 is 0. The van der Waals surface area contributed by atoms with Gasteiger partial charge in [0.1, 0.15) is 5.84 Å². The van der Waals surface area contributed by atoms with Crippen LogP contribution in [-0.2, 0) is 11.3 Å². The lowest BCUT2D eigenvalue weighted by Gasteiger charge is -2.44. The number of hydrogen-bond acceptors (Lipinski definition) is 3. The van der Waals surface area contributed by atoms with E-state index in [2.05, 4.69) is 60.9 Å². The molecule has 2 aromatic rings. The molecule has 0 bridgehead atoms. The van der Waals surface area contributed by atoms with Gasteiger partial charge < -0.3 is 15.4 Å². The molecule has 2 aliphatic heterocycles. The second-order valence-electron chi connectivity index (χ2n) is 7.08. The topological polar surface area (TPSA) is 45.6 Å². The molecule has 0 atom stereocenters. The summed E-state index contributed by atoms with van der Waals surface area (Å²) in [6.07, 6.45) is 1.86. The number of ether oxygens (including phenoxy) is 1. The van der Waals surface area contributed by atoms with Gasteiger partial charge in [-0.1, -0.05) is 30.3 Å². The fraction of sp³-hybridized carbons (Fsp3) is 0.381. The molecule has 0 aliphatic carbocycles. The third-order valence-corrected chi connectivity index (χ3v) is 5.32. The van der Waals surface area contributed by atoms with Crippen LogP contribution in [0.5, 0.6) is 0 Å². The zero-order valence-corrected chi connectivity index (χ0v) is 14.9. The van der Waals surface area contributed by atoms with Gasteiger partial charge >= 0.3 is 0 Å². The number of aliphatic imine (C=N–C) groups is 1. The van der Waals surface area contributed by atoms with E-state index in [1.54, 1.807) is 0 Å². The molecule has 2 aromatic carbocycles. The minimum atomic E-state index is -0.151. The smallest absolute Gasteiger partial charge is 0.127 e. The molecule has 2 heterocycles. The monoisotopic (exact) mass is 335 g/mol. The standard InChI is InChI=1S/C21H25N3O/c1-15-12-18-19(13-16(15)2)24-21(8-10-25-11-9-21)20(23-18)22-14-17-6-4-3-5-7-17/h3-7,12-13,24H,8-11,14H2,1-2H3,(H,22,23). The average Bonchev–Trinajstić information content (AvgIpc) is 2.63. The Kier molecular flexibility index (Phi) is 4.22. The van der Waals surface area contributed by atoms with Crippen LogP contribution in [0.1, 0.15) is 29.5 Å². The van der Waals surface area contributed by atoms with E-state index in [9.17, 15) is 0 Å². The van der Waals surface area contributed by atoms with E-state index in [1.165, 1.54) is 22.4 Å². The normalized spacial score (nSPS) is 20.0. The summed E-state index contributed by atoms with van der Waals surface area (Å²) in [5.74, 6) is 1.04. The van der Waals surface area contributed by atoms with Crippen LogP contribution < -0.4 is 10.6 Å². The predicted octanol–water partition coefficient (Wildman–Crippen LogP) is 4.29. The summed E-state index contributed by atoms with van der Waals surface area (Å²) < 4.78 is 5.62. The van der Waals surface area contributed by atoms with Gasteiger partial charge in [0.25, 0.3) is 0 Å². The molecular weight excluding hydrogens is 310 g/mol. The zero-order valence-electron chi connectivity index (χ0n) is 14.9. The van der Waals surface area contributed by atoms with E-state index >= 15 is 0 Å². The molecule has 2 aliphatic rings. The van der Waals surface area contributed by atoms with E-state index in [4.69, 9.17) is 9.73 Å². The molecule has 0 radical (unpaired) electrons. The lowest BCUT2D eigenvalue weighted by Crippen LogP contribution is -2.55. The minimum Gasteiger partial charge on any atom is -0.381 e. The largest absolute Gasteiger partial charge is 0.381 e. The average molecular weight is 335 g/mol. The molecule has 4 nitrogen and oxygen atoms in total. The van der Waals surface area contributed by atoms with Crippen molar-refractivity contribution in [2.75, 3.05) is 23.8 Å². The Bertz CT molecular complexity index is 792. The van der Waals surface area contributed by atoms with Crippen molar-refractivity contribution in [3.63, 3.8) is 0 Å². The van der Waals surface area contributed by atoms with Gasteiger partial charge in [0, 0.05) is 26.1 Å². The number of fused-ring (bicyclic) bond motifs is 1. The molecule has 4 heteroatoms. The molecule has 0 amide bonds. The number of amidine groups is 1. The first-order chi connectivity index (χ1) is 12.2. The second kappa shape index (κ2) is 6.52. The number of rotatable bonds is 2. The lowest BCUT2D eigenvalue weighted by atomic mass is 9.85. The Morgan fingerprint density at radius 2 is 1.68 bits per heavy atom. The minimum absolute atomic E-state index is 0.151. The van der Waals surface area contributed by atoms with E-state index < -0.39 is 0 Å². The number of nitrogens with zero attached hydrogens (tertiary/aromatic N) is 1. The van der Waals surface area contributed by atoms with Crippen LogP contribution in [0.2, 0.25) is 0 Å². The molecule has 1 spiro atoms. The molecular formula is C21H25N3O. The number of nitrogens with one attached hydrogen (secondary N) is 2. The van der Waals surface area contributed by atoms with Gasteiger partial charge in [-0.25, -0.2) is 0 Å². The van der Waals surface area contributed by atoms with Crippen LogP contribution in [0.4, 0.5) is 11.4 Å². The second-order valence-corrected chi connectivity index (χ2v) is 7.08. The number of aryl methyl sites for hydroxylation is 2. The highest BCUT2D eigenvalue weighted by Crippen LogP contribution is 2.38. The molecule has 130 valence electrons. The van der Waals surface area contributed by atoms with Gasteiger partial charge in [0.05, 0.1) is 23.5 Å². The molecule has 25 heavy (non-hydrogen) atoms. The molecule has 1 saturated heterocycles. The van der Waals surface area contributed by atoms with Gasteiger partial charge in [-0.05, 0) is 42.7 Å². The molecule has 1 fully saturated rings. The summed E-state index contributed by atoms with van der Waals surface area (Å²) in [7, 11) is 0. The Morgan fingerprint density at radius 1 is 1.00 bits per heavy atom. The van der Waals surface area contributed by atoms with Crippen LogP contribution >= 0.6 is 0 Å². The molecule has 0 saturated carbocycles. The maximum atomic E-state index is 5.62. The van der Waals surface area contributed by atoms with Gasteiger partial charge in [-0.15, -0.1) is 0 Å². The first-order valence-corrected chi connectivity index (χ1v) is 8.99. The SMILES string of the molecule is Cc1cc2c(cc1C)NC1(CCOCC1)C(=NCc1ccccc1)N2. The number of benzene rings is 2. The van der Waals surface area contributed by atoms with Crippen molar-refractivity contribution in [1.29, 1.82) is 0 Å². The van der Waals surface area contributed by atoms with Crippen molar-refractivity contribution in [3.8, 4) is 0 Å². The number of hydrogen-bond donors (Lipinski definition) is 2. The lowest BCUT2D eigenvalue weighted by molar-refractivity contribution is 0.0778. The highest BCUT2D eigenvalue weighted by atomic mass is 16.5. The van der Waals surface area contributed by atoms with Gasteiger partial charge in [0.2, 0.25) is 0 Å². The first-order valence-electron chi connectivity index (χ1n) is 8.99. The van der Waals surface area contributed by atoms with E-state index in [1.807, 2.05) is 6.07 Å². The summed E-state index contributed by atoms with van der Waals surface area (Å²) in [6.45, 7) is 6.52. The Balaban J connectivity index is 1.70. The summed E-state index contributed by atoms with van der Waals surface area (Å²) in [4.78, 5) is 4.97. The van der Waals surface area contributed by atoms with Crippen LogP contribution in [0.3, 0.4) is 0 Å². The van der Waals surface area contributed by atoms with E-state index in [0.717, 1.165) is 37.6 Å². The van der Waals surface area contributed by atoms with Gasteiger partial charge in [0.15, 0.2) is 0 Å². The fourth-order valence-corrected chi connectivity index (χ4v) is 3.61. The van der Waals surface area contributed by atoms with E-state index in [0.29, 0.717) is 6.54 Å². The van der Waals surface area contributed by atoms with Crippen LogP contribution in [0.15, 0.2) is 47.5 Å². The highest BCUT2D eigenvalue weighted by molar-refractivity contribution is 6.09. The van der Waals surface area contributed by atoms with Crippen molar-refractivity contribution in [3.05, 3.63) is 59.2 Å². The third kappa shape index (κ3) is 3.14. The van der Waals surface area contributed by atoms with Crippen LogP contribution in [0.25, 0.3) is 0 Å². The highest BCUT2D eigenvalue weighted by Gasteiger charge is 2.41. The maximum absolute atomic E-state index is 5.62. The van der Waals surface area contributed by atoms with Crippen molar-refractivity contribution in [2.24, 2.45) is 4.99 Å². The Labute approximate surface area is 149 Å². The zero-order chi connectivity index (χ0) is 17.3. The van der Waals surface area contributed by atoms with Crippen LogP contribution in [0, 0.1) is 13.8 Å². The quantitative estimate of drug-likeness (QED) is 0.860. The Hall–Kier alpha value is -2.33. The van der Waals surface area contributed by atoms with Crippen molar-refractivity contribution < 1.29 is 4.74 Å². The molecule has 4 rings (SSSR count). The van der Waals surface area contributed by atoms with Crippen molar-refractivity contribution in [1.82, 2.24) is 0 Å². The first kappa shape index (κ1) is 16.2. The molecule has 0 unspecified atom stereocenters. The van der Waals surface area contributed by atoms with Crippen molar-refractivity contribution in [2.45, 2.75) is 38.8 Å². The van der Waals surface area contributed by atoms with Gasteiger partial charge in [-0.2, -0.15) is 0 Å². The fourth-order valence-electron chi connectivity index (χ4n) is 3.61. The van der Waals surface area contributed by atoms with Crippen molar-refractivity contribution >= 4 is 17.2 Å². The maximum Gasteiger partial charge on any atom is 0.127 e. The Morgan fingerprint density at radius 3 is 2.40 bits per heavy atom. The molecule has 2 N–H and O–H groups in total. The summed E-state index contributed by atoms with van der Waals surface area (Å²) in [5, 5.41) is 7.42. The third-order valence-electron chi connectivity index (χ3n) is 5.32. The molecule has 0 aromatic heterocycles. The summed E-state index contributed by atoms with van der Waals surface area (Å²) in [5.41, 5.74) is 5.96. The van der Waals surface area contributed by atoms with Crippen LogP contribution in [-0.4, -0.2) is 24.6 Å². The predicted molar refractivity (Wildman–Crippen MR) is 104 cm³/mol. The summed E-state index contributed by atoms with van der Waals surface area (Å²) in [6, 6.07) is 14.9.